The maximum absolute atomic E-state index is 13.0. The zero-order chi connectivity index (χ0) is 20.3. The Hall–Kier alpha value is -3.02. The molecular weight excluding hydrogens is 356 g/mol. The molecule has 0 aliphatic carbocycles. The van der Waals surface area contributed by atoms with E-state index in [9.17, 15) is 9.59 Å². The highest BCUT2D eigenvalue weighted by Crippen LogP contribution is 2.32. The van der Waals surface area contributed by atoms with E-state index >= 15 is 0 Å². The van der Waals surface area contributed by atoms with E-state index in [0.29, 0.717) is 23.6 Å². The minimum Gasteiger partial charge on any atom is -0.454 e. The van der Waals surface area contributed by atoms with E-state index in [2.05, 4.69) is 5.32 Å². The van der Waals surface area contributed by atoms with Gasteiger partial charge in [-0.25, -0.2) is 0 Å². The average Bonchev–Trinajstić information content (AvgIpc) is 3.12. The first-order valence-corrected chi connectivity index (χ1v) is 9.36. The van der Waals surface area contributed by atoms with Gasteiger partial charge in [0, 0.05) is 19.2 Å². The summed E-state index contributed by atoms with van der Waals surface area (Å²) in [7, 11) is 1.74. The van der Waals surface area contributed by atoms with E-state index in [4.69, 9.17) is 9.47 Å². The monoisotopic (exact) mass is 382 g/mol. The van der Waals surface area contributed by atoms with E-state index < -0.39 is 6.04 Å². The first kappa shape index (κ1) is 19.7. The molecule has 0 saturated carbocycles. The minimum atomic E-state index is -0.605. The van der Waals surface area contributed by atoms with Crippen molar-refractivity contribution in [2.24, 2.45) is 5.92 Å². The summed E-state index contributed by atoms with van der Waals surface area (Å²) in [6.45, 7) is 6.41. The molecule has 1 aliphatic rings. The van der Waals surface area contributed by atoms with Crippen molar-refractivity contribution >= 4 is 11.8 Å². The number of hydrogen-bond donors (Lipinski definition) is 1. The summed E-state index contributed by atoms with van der Waals surface area (Å²) >= 11 is 0. The Morgan fingerprint density at radius 2 is 1.86 bits per heavy atom. The molecule has 0 saturated heterocycles. The van der Waals surface area contributed by atoms with Crippen LogP contribution in [0.2, 0.25) is 0 Å². The van der Waals surface area contributed by atoms with Gasteiger partial charge in [0.25, 0.3) is 5.91 Å². The fourth-order valence-corrected chi connectivity index (χ4v) is 3.15. The Morgan fingerprint density at radius 1 is 1.11 bits per heavy atom. The van der Waals surface area contributed by atoms with E-state index in [1.165, 1.54) is 0 Å². The maximum Gasteiger partial charge on any atom is 0.251 e. The predicted molar refractivity (Wildman–Crippen MR) is 106 cm³/mol. The first-order valence-electron chi connectivity index (χ1n) is 9.36. The SMILES string of the molecule is Cc1cccc(C(=O)N[C@H](C(=O)N(C)Cc2ccc3c(c2)OCO3)C(C)C)c1. The molecule has 1 N–H and O–H groups in total. The zero-order valence-electron chi connectivity index (χ0n) is 16.7. The number of hydrogen-bond acceptors (Lipinski definition) is 4. The lowest BCUT2D eigenvalue weighted by atomic mass is 10.0. The standard InChI is InChI=1S/C22H26N2O4/c1-14(2)20(23-21(25)17-7-5-6-15(3)10-17)22(26)24(4)12-16-8-9-18-19(11-16)28-13-27-18/h5-11,14,20H,12-13H2,1-4H3,(H,23,25)/t20-/m0/s1. The highest BCUT2D eigenvalue weighted by molar-refractivity contribution is 5.97. The van der Waals surface area contributed by atoms with Crippen LogP contribution in [0.5, 0.6) is 11.5 Å². The molecule has 2 amide bonds. The number of likely N-dealkylation sites (N-methyl/N-ethyl adjacent to an activating group) is 1. The quantitative estimate of drug-likeness (QED) is 0.833. The lowest BCUT2D eigenvalue weighted by Crippen LogP contribution is -2.50. The number of carbonyl (C=O) groups excluding carboxylic acids is 2. The largest absolute Gasteiger partial charge is 0.454 e. The Bertz CT molecular complexity index is 879. The molecule has 0 aromatic heterocycles. The van der Waals surface area contributed by atoms with Crippen molar-refractivity contribution in [1.82, 2.24) is 10.2 Å². The number of ether oxygens (including phenoxy) is 2. The summed E-state index contributed by atoms with van der Waals surface area (Å²) in [5.74, 6) is 0.982. The van der Waals surface area contributed by atoms with Gasteiger partial charge in [0.1, 0.15) is 6.04 Å². The van der Waals surface area contributed by atoms with E-state index in [1.54, 1.807) is 18.0 Å². The number of benzene rings is 2. The van der Waals surface area contributed by atoms with E-state index in [0.717, 1.165) is 11.1 Å². The van der Waals surface area contributed by atoms with Crippen LogP contribution in [0.4, 0.5) is 0 Å². The van der Waals surface area contributed by atoms with Crippen molar-refractivity contribution in [1.29, 1.82) is 0 Å². The number of nitrogens with one attached hydrogen (secondary N) is 1. The summed E-state index contributed by atoms with van der Waals surface area (Å²) < 4.78 is 10.7. The van der Waals surface area contributed by atoms with Crippen LogP contribution in [-0.4, -0.2) is 36.6 Å². The number of fused-ring (bicyclic) bond motifs is 1. The van der Waals surface area contributed by atoms with Gasteiger partial charge in [0.15, 0.2) is 11.5 Å². The molecule has 0 radical (unpaired) electrons. The van der Waals surface area contributed by atoms with Crippen LogP contribution < -0.4 is 14.8 Å². The second kappa shape index (κ2) is 8.33. The fraction of sp³-hybridized carbons (Fsp3) is 0.364. The molecule has 1 atom stereocenters. The molecule has 1 heterocycles. The summed E-state index contributed by atoms with van der Waals surface area (Å²) in [4.78, 5) is 27.2. The van der Waals surface area contributed by atoms with Gasteiger partial charge < -0.3 is 19.7 Å². The molecule has 3 rings (SSSR count). The summed E-state index contributed by atoms with van der Waals surface area (Å²) in [5, 5.41) is 2.89. The third-order valence-corrected chi connectivity index (χ3v) is 4.73. The van der Waals surface area contributed by atoms with Crippen molar-refractivity contribution in [2.75, 3.05) is 13.8 Å². The lowest BCUT2D eigenvalue weighted by Gasteiger charge is -2.27. The summed E-state index contributed by atoms with van der Waals surface area (Å²) in [6, 6.07) is 12.4. The normalized spacial score (nSPS) is 13.3. The first-order chi connectivity index (χ1) is 13.3. The fourth-order valence-electron chi connectivity index (χ4n) is 3.15. The molecule has 0 fully saturated rings. The molecule has 0 bridgehead atoms. The van der Waals surface area contributed by atoms with Crippen LogP contribution in [0.15, 0.2) is 42.5 Å². The van der Waals surface area contributed by atoms with Gasteiger partial charge in [-0.15, -0.1) is 0 Å². The Kier molecular flexibility index (Phi) is 5.87. The number of rotatable bonds is 6. The van der Waals surface area contributed by atoms with Gasteiger partial charge in [-0.2, -0.15) is 0 Å². The topological polar surface area (TPSA) is 67.9 Å². The number of carbonyl (C=O) groups is 2. The number of amides is 2. The van der Waals surface area contributed by atoms with Crippen LogP contribution in [0.3, 0.4) is 0 Å². The molecule has 0 unspecified atom stereocenters. The smallest absolute Gasteiger partial charge is 0.251 e. The molecule has 6 nitrogen and oxygen atoms in total. The molecule has 6 heteroatoms. The highest BCUT2D eigenvalue weighted by Gasteiger charge is 2.27. The van der Waals surface area contributed by atoms with Crippen LogP contribution in [0.25, 0.3) is 0 Å². The molecule has 2 aromatic carbocycles. The number of aryl methyl sites for hydroxylation is 1. The van der Waals surface area contributed by atoms with Crippen molar-refractivity contribution < 1.29 is 19.1 Å². The molecule has 0 spiro atoms. The van der Waals surface area contributed by atoms with Crippen LogP contribution in [0, 0.1) is 12.8 Å². The third-order valence-electron chi connectivity index (χ3n) is 4.73. The molecule has 1 aliphatic heterocycles. The van der Waals surface area contributed by atoms with Gasteiger partial charge >= 0.3 is 0 Å². The van der Waals surface area contributed by atoms with Crippen molar-refractivity contribution in [2.45, 2.75) is 33.4 Å². The van der Waals surface area contributed by atoms with Gasteiger partial charge in [0.05, 0.1) is 0 Å². The summed E-state index contributed by atoms with van der Waals surface area (Å²) in [5.41, 5.74) is 2.49. The Morgan fingerprint density at radius 3 is 2.57 bits per heavy atom. The van der Waals surface area contributed by atoms with Gasteiger partial charge in [-0.05, 0) is 42.7 Å². The Labute approximate surface area is 165 Å². The van der Waals surface area contributed by atoms with Gasteiger partial charge in [-0.1, -0.05) is 37.6 Å². The van der Waals surface area contributed by atoms with Crippen LogP contribution >= 0.6 is 0 Å². The highest BCUT2D eigenvalue weighted by atomic mass is 16.7. The Balaban J connectivity index is 1.69. The predicted octanol–water partition coefficient (Wildman–Crippen LogP) is 3.14. The third kappa shape index (κ3) is 4.44. The van der Waals surface area contributed by atoms with Gasteiger partial charge in [0.2, 0.25) is 12.7 Å². The van der Waals surface area contributed by atoms with Crippen molar-refractivity contribution in [3.05, 3.63) is 59.2 Å². The maximum atomic E-state index is 13.0. The molecule has 2 aromatic rings. The van der Waals surface area contributed by atoms with Gasteiger partial charge in [-0.3, -0.25) is 9.59 Å². The van der Waals surface area contributed by atoms with Crippen molar-refractivity contribution in [3.8, 4) is 11.5 Å². The van der Waals surface area contributed by atoms with Crippen molar-refractivity contribution in [3.63, 3.8) is 0 Å². The van der Waals surface area contributed by atoms with E-state index in [-0.39, 0.29) is 24.5 Å². The molecule has 28 heavy (non-hydrogen) atoms. The molecular formula is C22H26N2O4. The second-order valence-electron chi connectivity index (χ2n) is 7.45. The zero-order valence-corrected chi connectivity index (χ0v) is 16.7. The average molecular weight is 382 g/mol. The van der Waals surface area contributed by atoms with Crippen LogP contribution in [-0.2, 0) is 11.3 Å². The minimum absolute atomic E-state index is 0.0412. The second-order valence-corrected chi connectivity index (χ2v) is 7.45. The van der Waals surface area contributed by atoms with E-state index in [1.807, 2.05) is 57.2 Å². The van der Waals surface area contributed by atoms with Crippen LogP contribution in [0.1, 0.15) is 35.3 Å². The molecule has 148 valence electrons. The number of nitrogens with zero attached hydrogens (tertiary/aromatic N) is 1. The summed E-state index contributed by atoms with van der Waals surface area (Å²) in [6.07, 6.45) is 0. The lowest BCUT2D eigenvalue weighted by molar-refractivity contribution is -0.133.